The number of hydrazone groups is 1. The van der Waals surface area contributed by atoms with Gasteiger partial charge in [0.15, 0.2) is 6.61 Å². The number of nitrogens with zero attached hydrogens (tertiary/aromatic N) is 5. The van der Waals surface area contributed by atoms with Crippen LogP contribution in [0.3, 0.4) is 0 Å². The minimum absolute atomic E-state index is 0.181. The Morgan fingerprint density at radius 3 is 2.78 bits per heavy atom. The fourth-order valence-electron chi connectivity index (χ4n) is 2.44. The quantitative estimate of drug-likeness (QED) is 0.556. The van der Waals surface area contributed by atoms with Gasteiger partial charge in [-0.05, 0) is 17.7 Å². The molecule has 144 valence electrons. The highest BCUT2D eigenvalue weighted by Gasteiger charge is 2.20. The van der Waals surface area contributed by atoms with Gasteiger partial charge >= 0.3 is 0 Å². The van der Waals surface area contributed by atoms with Crippen LogP contribution in [0.4, 0.5) is 11.5 Å². The summed E-state index contributed by atoms with van der Waals surface area (Å²) in [5, 5.41) is 3.95. The Kier molecular flexibility index (Phi) is 6.55. The van der Waals surface area contributed by atoms with E-state index in [4.69, 9.17) is 9.47 Å². The predicted octanol–water partition coefficient (Wildman–Crippen LogP) is 0.970. The molecule has 1 aromatic heterocycles. The SMILES string of the molecule is CN(C)c1ccc(/C=N/NC(=O)COc2nsnc2N2CCOCC2)cc1. The number of rotatable bonds is 7. The molecule has 2 heterocycles. The molecule has 0 spiro atoms. The van der Waals surface area contributed by atoms with Crippen LogP contribution in [0.2, 0.25) is 0 Å². The maximum Gasteiger partial charge on any atom is 0.278 e. The van der Waals surface area contributed by atoms with Crippen LogP contribution in [-0.2, 0) is 9.53 Å². The Balaban J connectivity index is 1.47. The third-order valence-electron chi connectivity index (χ3n) is 3.91. The minimum atomic E-state index is -0.364. The van der Waals surface area contributed by atoms with Crippen molar-refractivity contribution < 1.29 is 14.3 Å². The van der Waals surface area contributed by atoms with Crippen molar-refractivity contribution in [3.8, 4) is 5.88 Å². The van der Waals surface area contributed by atoms with Crippen molar-refractivity contribution in [1.82, 2.24) is 14.2 Å². The molecular weight excluding hydrogens is 368 g/mol. The number of hydrogen-bond acceptors (Lipinski definition) is 9. The van der Waals surface area contributed by atoms with Crippen LogP contribution in [0, 0.1) is 0 Å². The second-order valence-corrected chi connectivity index (χ2v) is 6.59. The number of carbonyl (C=O) groups is 1. The number of nitrogens with one attached hydrogen (secondary N) is 1. The van der Waals surface area contributed by atoms with Gasteiger partial charge in [-0.1, -0.05) is 12.1 Å². The van der Waals surface area contributed by atoms with Crippen LogP contribution in [-0.4, -0.2) is 67.9 Å². The van der Waals surface area contributed by atoms with E-state index in [9.17, 15) is 4.79 Å². The lowest BCUT2D eigenvalue weighted by Crippen LogP contribution is -2.36. The van der Waals surface area contributed by atoms with Crippen LogP contribution in [0.1, 0.15) is 5.56 Å². The number of carbonyl (C=O) groups excluding carboxylic acids is 1. The van der Waals surface area contributed by atoms with Crippen molar-refractivity contribution in [1.29, 1.82) is 0 Å². The zero-order valence-electron chi connectivity index (χ0n) is 15.3. The van der Waals surface area contributed by atoms with Crippen molar-refractivity contribution in [3.05, 3.63) is 29.8 Å². The molecule has 1 aliphatic heterocycles. The third-order valence-corrected chi connectivity index (χ3v) is 4.41. The maximum atomic E-state index is 11.9. The summed E-state index contributed by atoms with van der Waals surface area (Å²) in [4.78, 5) is 16.0. The molecule has 9 nitrogen and oxygen atoms in total. The van der Waals surface area contributed by atoms with E-state index in [1.165, 1.54) is 0 Å². The molecule has 1 aromatic carbocycles. The molecule has 1 aliphatic rings. The summed E-state index contributed by atoms with van der Waals surface area (Å²) in [7, 11) is 3.96. The zero-order valence-corrected chi connectivity index (χ0v) is 16.1. The molecular formula is C17H22N6O3S. The average Bonchev–Trinajstić information content (AvgIpc) is 3.16. The number of amides is 1. The number of hydrogen-bond donors (Lipinski definition) is 1. The van der Waals surface area contributed by atoms with Crippen LogP contribution in [0.25, 0.3) is 0 Å². The molecule has 0 atom stereocenters. The summed E-state index contributed by atoms with van der Waals surface area (Å²) in [6, 6.07) is 7.82. The van der Waals surface area contributed by atoms with Gasteiger partial charge in [0.1, 0.15) is 0 Å². The monoisotopic (exact) mass is 390 g/mol. The number of anilines is 2. The van der Waals surface area contributed by atoms with Crippen LogP contribution in [0.15, 0.2) is 29.4 Å². The first-order valence-corrected chi connectivity index (χ1v) is 9.24. The predicted molar refractivity (Wildman–Crippen MR) is 105 cm³/mol. The largest absolute Gasteiger partial charge is 0.464 e. The summed E-state index contributed by atoms with van der Waals surface area (Å²) >= 11 is 1.06. The Morgan fingerprint density at radius 1 is 1.33 bits per heavy atom. The van der Waals surface area contributed by atoms with Gasteiger partial charge in [0.2, 0.25) is 5.82 Å². The highest BCUT2D eigenvalue weighted by Crippen LogP contribution is 2.26. The zero-order chi connectivity index (χ0) is 19.1. The van der Waals surface area contributed by atoms with Gasteiger partial charge in [-0.25, -0.2) is 5.43 Å². The van der Waals surface area contributed by atoms with Crippen molar-refractivity contribution in [2.45, 2.75) is 0 Å². The van der Waals surface area contributed by atoms with Crippen molar-refractivity contribution in [3.63, 3.8) is 0 Å². The second kappa shape index (κ2) is 9.28. The number of ether oxygens (including phenoxy) is 2. The molecule has 10 heteroatoms. The average molecular weight is 390 g/mol. The molecule has 1 amide bonds. The van der Waals surface area contributed by atoms with Crippen molar-refractivity contribution in [2.75, 3.05) is 56.8 Å². The molecule has 0 saturated carbocycles. The lowest BCUT2D eigenvalue weighted by Gasteiger charge is -2.26. The summed E-state index contributed by atoms with van der Waals surface area (Å²) < 4.78 is 19.2. The van der Waals surface area contributed by atoms with E-state index in [-0.39, 0.29) is 12.5 Å². The van der Waals surface area contributed by atoms with Gasteiger partial charge in [-0.3, -0.25) is 4.79 Å². The molecule has 2 aromatic rings. The van der Waals surface area contributed by atoms with E-state index in [0.29, 0.717) is 24.9 Å². The van der Waals surface area contributed by atoms with Crippen molar-refractivity contribution >= 4 is 35.4 Å². The van der Waals surface area contributed by atoms with E-state index < -0.39 is 0 Å². The molecule has 0 unspecified atom stereocenters. The molecule has 0 aliphatic carbocycles. The summed E-state index contributed by atoms with van der Waals surface area (Å²) in [5.41, 5.74) is 4.43. The van der Waals surface area contributed by atoms with E-state index >= 15 is 0 Å². The standard InChI is InChI=1S/C17H22N6O3S/c1-22(2)14-5-3-13(4-6-14)11-18-19-15(24)12-26-17-16(20-27-21-17)23-7-9-25-10-8-23/h3-6,11H,7-10,12H2,1-2H3,(H,19,24)/b18-11+. The summed E-state index contributed by atoms with van der Waals surface area (Å²) in [6.45, 7) is 2.55. The number of aromatic nitrogens is 2. The van der Waals surface area contributed by atoms with Crippen LogP contribution >= 0.6 is 11.7 Å². The molecule has 1 N–H and O–H groups in total. The lowest BCUT2D eigenvalue weighted by molar-refractivity contribution is -0.123. The van der Waals surface area contributed by atoms with E-state index in [1.807, 2.05) is 48.2 Å². The Morgan fingerprint density at radius 2 is 2.07 bits per heavy atom. The Bertz CT molecular complexity index is 771. The van der Waals surface area contributed by atoms with Gasteiger partial charge in [-0.15, -0.1) is 4.37 Å². The third kappa shape index (κ3) is 5.38. The minimum Gasteiger partial charge on any atom is -0.464 e. The first kappa shape index (κ1) is 19.1. The number of benzene rings is 1. The van der Waals surface area contributed by atoms with Gasteiger partial charge in [-0.2, -0.15) is 9.47 Å². The fraction of sp³-hybridized carbons (Fsp3) is 0.412. The van der Waals surface area contributed by atoms with E-state index in [0.717, 1.165) is 36.1 Å². The van der Waals surface area contributed by atoms with Gasteiger partial charge in [0.25, 0.3) is 11.8 Å². The summed E-state index contributed by atoms with van der Waals surface area (Å²) in [6.07, 6.45) is 1.58. The Hall–Kier alpha value is -2.72. The maximum absolute atomic E-state index is 11.9. The second-order valence-electron chi connectivity index (χ2n) is 6.06. The first-order valence-electron chi connectivity index (χ1n) is 8.51. The van der Waals surface area contributed by atoms with Gasteiger partial charge in [0, 0.05) is 32.9 Å². The fourth-order valence-corrected chi connectivity index (χ4v) is 2.96. The van der Waals surface area contributed by atoms with E-state index in [2.05, 4.69) is 19.3 Å². The smallest absolute Gasteiger partial charge is 0.278 e. The first-order chi connectivity index (χ1) is 13.1. The van der Waals surface area contributed by atoms with Gasteiger partial charge in [0.05, 0.1) is 31.2 Å². The van der Waals surface area contributed by atoms with E-state index in [1.54, 1.807) is 6.21 Å². The van der Waals surface area contributed by atoms with Crippen LogP contribution in [0.5, 0.6) is 5.88 Å². The highest BCUT2D eigenvalue weighted by molar-refractivity contribution is 6.99. The van der Waals surface area contributed by atoms with Crippen LogP contribution < -0.4 is 20.0 Å². The number of morpholine rings is 1. The normalized spacial score (nSPS) is 14.4. The molecule has 3 rings (SSSR count). The molecule has 1 saturated heterocycles. The molecule has 0 radical (unpaired) electrons. The molecule has 27 heavy (non-hydrogen) atoms. The summed E-state index contributed by atoms with van der Waals surface area (Å²) in [5.74, 6) is 0.651. The van der Waals surface area contributed by atoms with Gasteiger partial charge < -0.3 is 19.3 Å². The molecule has 0 bridgehead atoms. The topological polar surface area (TPSA) is 92.2 Å². The Labute approximate surface area is 161 Å². The molecule has 1 fully saturated rings. The lowest BCUT2D eigenvalue weighted by atomic mass is 10.2. The highest BCUT2D eigenvalue weighted by atomic mass is 32.1. The van der Waals surface area contributed by atoms with Crippen molar-refractivity contribution in [2.24, 2.45) is 5.10 Å².